The number of amides is 2. The predicted molar refractivity (Wildman–Crippen MR) is 90.2 cm³/mol. The standard InChI is InChI=1S/C18H23ClN2O2/c19-15-5-3-13(4-6-15)11-18(10-8-17(23)21-18)9-7-16(22)20-12-14-1-2-14/h3-6,14H,1-2,7-12H2,(H,20,22)(H,21,23). The van der Waals surface area contributed by atoms with E-state index >= 15 is 0 Å². The van der Waals surface area contributed by atoms with Crippen molar-refractivity contribution in [2.24, 2.45) is 5.92 Å². The largest absolute Gasteiger partial charge is 0.356 e. The van der Waals surface area contributed by atoms with E-state index in [4.69, 9.17) is 11.6 Å². The maximum atomic E-state index is 12.0. The summed E-state index contributed by atoms with van der Waals surface area (Å²) in [4.78, 5) is 23.7. The molecule has 2 fully saturated rings. The third kappa shape index (κ3) is 4.71. The van der Waals surface area contributed by atoms with Gasteiger partial charge in [-0.05, 0) is 55.7 Å². The maximum absolute atomic E-state index is 12.0. The predicted octanol–water partition coefficient (Wildman–Crippen LogP) is 2.84. The van der Waals surface area contributed by atoms with Gasteiger partial charge in [-0.15, -0.1) is 0 Å². The lowest BCUT2D eigenvalue weighted by molar-refractivity contribution is -0.122. The minimum Gasteiger partial charge on any atom is -0.356 e. The van der Waals surface area contributed by atoms with E-state index in [9.17, 15) is 9.59 Å². The average Bonchev–Trinajstić information content (AvgIpc) is 3.29. The van der Waals surface area contributed by atoms with Crippen LogP contribution in [0, 0.1) is 5.92 Å². The molecule has 1 heterocycles. The van der Waals surface area contributed by atoms with E-state index in [2.05, 4.69) is 10.6 Å². The summed E-state index contributed by atoms with van der Waals surface area (Å²) in [5.74, 6) is 0.860. The highest BCUT2D eigenvalue weighted by Gasteiger charge is 2.37. The van der Waals surface area contributed by atoms with Crippen LogP contribution >= 0.6 is 11.6 Å². The minimum atomic E-state index is -0.304. The number of carbonyl (C=O) groups is 2. The van der Waals surface area contributed by atoms with Crippen molar-refractivity contribution in [2.75, 3.05) is 6.54 Å². The van der Waals surface area contributed by atoms with Crippen LogP contribution in [-0.2, 0) is 16.0 Å². The first kappa shape index (κ1) is 16.3. The molecule has 1 saturated heterocycles. The molecular weight excluding hydrogens is 312 g/mol. The highest BCUT2D eigenvalue weighted by atomic mass is 35.5. The van der Waals surface area contributed by atoms with Crippen molar-refractivity contribution in [3.05, 3.63) is 34.9 Å². The van der Waals surface area contributed by atoms with Crippen LogP contribution in [0.3, 0.4) is 0 Å². The van der Waals surface area contributed by atoms with Crippen molar-refractivity contribution in [3.8, 4) is 0 Å². The molecule has 0 spiro atoms. The average molecular weight is 335 g/mol. The van der Waals surface area contributed by atoms with Gasteiger partial charge in [0, 0.05) is 29.9 Å². The molecule has 5 heteroatoms. The molecule has 2 amide bonds. The van der Waals surface area contributed by atoms with Gasteiger partial charge in [0.25, 0.3) is 0 Å². The van der Waals surface area contributed by atoms with Crippen molar-refractivity contribution in [3.63, 3.8) is 0 Å². The first-order valence-electron chi connectivity index (χ1n) is 8.37. The molecule has 0 aromatic heterocycles. The molecule has 23 heavy (non-hydrogen) atoms. The van der Waals surface area contributed by atoms with E-state index in [0.717, 1.165) is 24.9 Å². The molecule has 1 atom stereocenters. The van der Waals surface area contributed by atoms with Gasteiger partial charge < -0.3 is 10.6 Å². The van der Waals surface area contributed by atoms with Crippen molar-refractivity contribution in [1.29, 1.82) is 0 Å². The van der Waals surface area contributed by atoms with Crippen LogP contribution in [0.5, 0.6) is 0 Å². The molecular formula is C18H23ClN2O2. The van der Waals surface area contributed by atoms with Gasteiger partial charge in [-0.25, -0.2) is 0 Å². The second-order valence-corrected chi connectivity index (χ2v) is 7.32. The molecule has 4 nitrogen and oxygen atoms in total. The molecule has 0 radical (unpaired) electrons. The van der Waals surface area contributed by atoms with Crippen molar-refractivity contribution < 1.29 is 9.59 Å². The SMILES string of the molecule is O=C(CCC1(Cc2ccc(Cl)cc2)CCC(=O)N1)NCC1CC1. The molecule has 0 bridgehead atoms. The first-order valence-corrected chi connectivity index (χ1v) is 8.75. The Morgan fingerprint density at radius 2 is 2.04 bits per heavy atom. The Morgan fingerprint density at radius 3 is 2.65 bits per heavy atom. The number of carbonyl (C=O) groups excluding carboxylic acids is 2. The topological polar surface area (TPSA) is 58.2 Å². The number of nitrogens with one attached hydrogen (secondary N) is 2. The number of hydrogen-bond donors (Lipinski definition) is 2. The van der Waals surface area contributed by atoms with E-state index in [1.54, 1.807) is 0 Å². The number of halogens is 1. The summed E-state index contributed by atoms with van der Waals surface area (Å²) in [6.07, 6.45) is 5.67. The summed E-state index contributed by atoms with van der Waals surface area (Å²) >= 11 is 5.93. The summed E-state index contributed by atoms with van der Waals surface area (Å²) in [5.41, 5.74) is 0.831. The molecule has 2 N–H and O–H groups in total. The van der Waals surface area contributed by atoms with Gasteiger partial charge in [-0.3, -0.25) is 9.59 Å². The third-order valence-corrected chi connectivity index (χ3v) is 5.06. The van der Waals surface area contributed by atoms with E-state index in [1.807, 2.05) is 24.3 Å². The fraction of sp³-hybridized carbons (Fsp3) is 0.556. The van der Waals surface area contributed by atoms with Gasteiger partial charge in [0.1, 0.15) is 0 Å². The summed E-state index contributed by atoms with van der Waals surface area (Å²) < 4.78 is 0. The van der Waals surface area contributed by atoms with Crippen LogP contribution < -0.4 is 10.6 Å². The molecule has 3 rings (SSSR count). The van der Waals surface area contributed by atoms with Crippen LogP contribution in [0.1, 0.15) is 44.1 Å². The summed E-state index contributed by atoms with van der Waals surface area (Å²) in [5, 5.41) is 6.82. The molecule has 1 unspecified atom stereocenters. The quantitative estimate of drug-likeness (QED) is 0.805. The Hall–Kier alpha value is -1.55. The lowest BCUT2D eigenvalue weighted by Gasteiger charge is -2.29. The van der Waals surface area contributed by atoms with E-state index in [1.165, 1.54) is 12.8 Å². The van der Waals surface area contributed by atoms with E-state index in [-0.39, 0.29) is 17.4 Å². The highest BCUT2D eigenvalue weighted by molar-refractivity contribution is 6.30. The number of benzene rings is 1. The lowest BCUT2D eigenvalue weighted by atomic mass is 9.85. The number of rotatable bonds is 7. The smallest absolute Gasteiger partial charge is 0.220 e. The first-order chi connectivity index (χ1) is 11.0. The Morgan fingerprint density at radius 1 is 1.30 bits per heavy atom. The molecule has 1 aliphatic heterocycles. The zero-order chi connectivity index (χ0) is 16.3. The second-order valence-electron chi connectivity index (χ2n) is 6.88. The highest BCUT2D eigenvalue weighted by Crippen LogP contribution is 2.30. The van der Waals surface area contributed by atoms with Gasteiger partial charge in [-0.2, -0.15) is 0 Å². The van der Waals surface area contributed by atoms with Crippen LogP contribution in [-0.4, -0.2) is 23.9 Å². The summed E-state index contributed by atoms with van der Waals surface area (Å²) in [7, 11) is 0. The Labute approximate surface area is 142 Å². The van der Waals surface area contributed by atoms with Crippen molar-refractivity contribution >= 4 is 23.4 Å². The zero-order valence-electron chi connectivity index (χ0n) is 13.2. The fourth-order valence-corrected chi connectivity index (χ4v) is 3.32. The van der Waals surface area contributed by atoms with E-state index < -0.39 is 0 Å². The maximum Gasteiger partial charge on any atom is 0.220 e. The van der Waals surface area contributed by atoms with Gasteiger partial charge in [-0.1, -0.05) is 23.7 Å². The number of hydrogen-bond acceptors (Lipinski definition) is 2. The Balaban J connectivity index is 1.58. The summed E-state index contributed by atoms with van der Waals surface area (Å²) in [6, 6.07) is 7.71. The van der Waals surface area contributed by atoms with Gasteiger partial charge in [0.2, 0.25) is 11.8 Å². The monoisotopic (exact) mass is 334 g/mol. The van der Waals surface area contributed by atoms with Crippen LogP contribution in [0.25, 0.3) is 0 Å². The third-order valence-electron chi connectivity index (χ3n) is 4.81. The van der Waals surface area contributed by atoms with Gasteiger partial charge >= 0.3 is 0 Å². The molecule has 124 valence electrons. The lowest BCUT2D eigenvalue weighted by Crippen LogP contribution is -2.44. The van der Waals surface area contributed by atoms with Gasteiger partial charge in [0.15, 0.2) is 0 Å². The van der Waals surface area contributed by atoms with Crippen LogP contribution in [0.4, 0.5) is 0 Å². The molecule has 2 aliphatic rings. The normalized spacial score (nSPS) is 23.6. The molecule has 1 aliphatic carbocycles. The molecule has 1 aromatic carbocycles. The molecule has 1 saturated carbocycles. The zero-order valence-corrected chi connectivity index (χ0v) is 14.0. The van der Waals surface area contributed by atoms with E-state index in [0.29, 0.717) is 30.2 Å². The summed E-state index contributed by atoms with van der Waals surface area (Å²) in [6.45, 7) is 0.801. The molecule has 1 aromatic rings. The van der Waals surface area contributed by atoms with Gasteiger partial charge in [0.05, 0.1) is 0 Å². The van der Waals surface area contributed by atoms with Crippen molar-refractivity contribution in [1.82, 2.24) is 10.6 Å². The minimum absolute atomic E-state index is 0.0809. The second kappa shape index (κ2) is 6.91. The fourth-order valence-electron chi connectivity index (χ4n) is 3.20. The van der Waals surface area contributed by atoms with Crippen LogP contribution in [0.15, 0.2) is 24.3 Å². The van der Waals surface area contributed by atoms with Crippen LogP contribution in [0.2, 0.25) is 5.02 Å². The Kier molecular flexibility index (Phi) is 4.90. The Bertz CT molecular complexity index is 583. The van der Waals surface area contributed by atoms with Crippen molar-refractivity contribution in [2.45, 2.75) is 50.5 Å².